The maximum atomic E-state index is 12.7. The predicted octanol–water partition coefficient (Wildman–Crippen LogP) is 3.11. The number of carbonyl (C=O) groups is 3. The van der Waals surface area contributed by atoms with Gasteiger partial charge in [-0.15, -0.1) is 0 Å². The molecule has 4 rings (SSSR count). The fourth-order valence-electron chi connectivity index (χ4n) is 5.05. The number of urea groups is 1. The lowest BCUT2D eigenvalue weighted by Crippen LogP contribution is -2.44. The van der Waals surface area contributed by atoms with E-state index in [1.807, 2.05) is 11.0 Å². The van der Waals surface area contributed by atoms with Crippen molar-refractivity contribution in [3.8, 4) is 0 Å². The first-order valence-electron chi connectivity index (χ1n) is 11.0. The van der Waals surface area contributed by atoms with Crippen molar-refractivity contribution in [1.82, 2.24) is 15.1 Å². The number of amides is 4. The van der Waals surface area contributed by atoms with E-state index < -0.39 is 5.54 Å². The smallest absolute Gasteiger partial charge is 0.325 e. The maximum absolute atomic E-state index is 12.7. The number of piperidine rings is 1. The van der Waals surface area contributed by atoms with Crippen molar-refractivity contribution >= 4 is 17.8 Å². The van der Waals surface area contributed by atoms with Crippen LogP contribution in [-0.2, 0) is 16.0 Å². The number of hydrogen-bond donors (Lipinski definition) is 1. The van der Waals surface area contributed by atoms with E-state index in [4.69, 9.17) is 0 Å². The van der Waals surface area contributed by atoms with Gasteiger partial charge < -0.3 is 10.2 Å². The van der Waals surface area contributed by atoms with E-state index in [0.717, 1.165) is 64.5 Å². The summed E-state index contributed by atoms with van der Waals surface area (Å²) in [7, 11) is 0. The largest absolute Gasteiger partial charge is 0.343 e. The molecule has 3 aliphatic rings. The molecule has 1 aliphatic carbocycles. The molecule has 1 spiro atoms. The second-order valence-electron chi connectivity index (χ2n) is 8.77. The fourth-order valence-corrected chi connectivity index (χ4v) is 5.05. The lowest BCUT2D eigenvalue weighted by atomic mass is 9.90. The van der Waals surface area contributed by atoms with Crippen LogP contribution >= 0.6 is 0 Å². The Labute approximate surface area is 172 Å². The number of aryl methyl sites for hydroxylation is 1. The van der Waals surface area contributed by atoms with Gasteiger partial charge in [0, 0.05) is 26.1 Å². The summed E-state index contributed by atoms with van der Waals surface area (Å²) in [5.74, 6) is 0.583. The highest BCUT2D eigenvalue weighted by atomic mass is 16.2. The fraction of sp³-hybridized carbons (Fsp3) is 0.609. The van der Waals surface area contributed by atoms with Gasteiger partial charge in [0.05, 0.1) is 0 Å². The third-order valence-corrected chi connectivity index (χ3v) is 6.90. The monoisotopic (exact) mass is 397 g/mol. The van der Waals surface area contributed by atoms with Gasteiger partial charge in [0.15, 0.2) is 0 Å². The number of nitrogens with one attached hydrogen (secondary N) is 1. The highest BCUT2D eigenvalue weighted by Gasteiger charge is 2.52. The van der Waals surface area contributed by atoms with E-state index >= 15 is 0 Å². The Kier molecular flexibility index (Phi) is 5.88. The molecule has 1 saturated carbocycles. The van der Waals surface area contributed by atoms with Crippen LogP contribution in [0.3, 0.4) is 0 Å². The molecule has 1 aromatic rings. The molecule has 2 heterocycles. The SMILES string of the molecule is O=C(CCN1C(=O)NC2(CCCC2)C1=O)N1CCC(CCc2ccccc2)CC1. The average molecular weight is 398 g/mol. The van der Waals surface area contributed by atoms with Crippen molar-refractivity contribution in [2.45, 2.75) is 63.3 Å². The Morgan fingerprint density at radius 2 is 1.76 bits per heavy atom. The van der Waals surface area contributed by atoms with Gasteiger partial charge in [-0.1, -0.05) is 43.2 Å². The summed E-state index contributed by atoms with van der Waals surface area (Å²) in [6.07, 6.45) is 7.93. The van der Waals surface area contributed by atoms with Crippen molar-refractivity contribution in [3.05, 3.63) is 35.9 Å². The van der Waals surface area contributed by atoms with Crippen LogP contribution in [0.2, 0.25) is 0 Å². The number of benzene rings is 1. The molecule has 0 atom stereocenters. The highest BCUT2D eigenvalue weighted by molar-refractivity contribution is 6.07. The maximum Gasteiger partial charge on any atom is 0.325 e. The van der Waals surface area contributed by atoms with Gasteiger partial charge in [-0.2, -0.15) is 0 Å². The summed E-state index contributed by atoms with van der Waals surface area (Å²) in [6, 6.07) is 10.2. The summed E-state index contributed by atoms with van der Waals surface area (Å²) < 4.78 is 0. The van der Waals surface area contributed by atoms with Crippen LogP contribution in [0, 0.1) is 5.92 Å². The molecule has 2 aliphatic heterocycles. The Morgan fingerprint density at radius 3 is 2.45 bits per heavy atom. The van der Waals surface area contributed by atoms with E-state index in [9.17, 15) is 14.4 Å². The number of carbonyl (C=O) groups excluding carboxylic acids is 3. The number of hydrogen-bond acceptors (Lipinski definition) is 3. The zero-order valence-corrected chi connectivity index (χ0v) is 17.1. The molecule has 1 aromatic carbocycles. The summed E-state index contributed by atoms with van der Waals surface area (Å²) in [5, 5.41) is 2.88. The molecule has 4 amide bonds. The topological polar surface area (TPSA) is 69.7 Å². The standard InChI is InChI=1S/C23H31N3O3/c27-20(12-17-26-21(28)23(24-22(26)29)13-4-5-14-23)25-15-10-19(11-16-25)9-8-18-6-2-1-3-7-18/h1-3,6-7,19H,4-5,8-17H2,(H,24,29). The van der Waals surface area contributed by atoms with Crippen molar-refractivity contribution in [1.29, 1.82) is 0 Å². The molecular weight excluding hydrogens is 366 g/mol. The third kappa shape index (κ3) is 4.31. The molecule has 0 unspecified atom stereocenters. The van der Waals surface area contributed by atoms with Gasteiger partial charge in [-0.3, -0.25) is 14.5 Å². The molecule has 0 bridgehead atoms. The van der Waals surface area contributed by atoms with Crippen molar-refractivity contribution in [2.24, 2.45) is 5.92 Å². The summed E-state index contributed by atoms with van der Waals surface area (Å²) in [6.45, 7) is 1.75. The Balaban J connectivity index is 1.20. The van der Waals surface area contributed by atoms with Crippen molar-refractivity contribution in [2.75, 3.05) is 19.6 Å². The van der Waals surface area contributed by atoms with E-state index in [-0.39, 0.29) is 30.8 Å². The highest BCUT2D eigenvalue weighted by Crippen LogP contribution is 2.35. The van der Waals surface area contributed by atoms with Gasteiger partial charge in [-0.25, -0.2) is 4.79 Å². The number of imide groups is 1. The molecule has 0 aromatic heterocycles. The summed E-state index contributed by atoms with van der Waals surface area (Å²) in [4.78, 5) is 40.7. The van der Waals surface area contributed by atoms with Crippen LogP contribution in [0.4, 0.5) is 4.79 Å². The first-order chi connectivity index (χ1) is 14.1. The van der Waals surface area contributed by atoms with Gasteiger partial charge in [0.2, 0.25) is 5.91 Å². The summed E-state index contributed by atoms with van der Waals surface area (Å²) in [5.41, 5.74) is 0.691. The Morgan fingerprint density at radius 1 is 1.07 bits per heavy atom. The van der Waals surface area contributed by atoms with E-state index in [1.54, 1.807) is 0 Å². The predicted molar refractivity (Wildman–Crippen MR) is 110 cm³/mol. The average Bonchev–Trinajstić information content (AvgIpc) is 3.31. The normalized spacial score (nSPS) is 21.8. The van der Waals surface area contributed by atoms with Gasteiger partial charge >= 0.3 is 6.03 Å². The second-order valence-corrected chi connectivity index (χ2v) is 8.77. The number of rotatable bonds is 6. The molecule has 3 fully saturated rings. The Bertz CT molecular complexity index is 750. The Hall–Kier alpha value is -2.37. The lowest BCUT2D eigenvalue weighted by molar-refractivity contribution is -0.134. The zero-order valence-electron chi connectivity index (χ0n) is 17.1. The van der Waals surface area contributed by atoms with Crippen LogP contribution < -0.4 is 5.32 Å². The second kappa shape index (κ2) is 8.56. The molecule has 29 heavy (non-hydrogen) atoms. The van der Waals surface area contributed by atoms with Crippen LogP contribution in [0.25, 0.3) is 0 Å². The van der Waals surface area contributed by atoms with Crippen molar-refractivity contribution in [3.63, 3.8) is 0 Å². The van der Waals surface area contributed by atoms with Crippen LogP contribution in [0.15, 0.2) is 30.3 Å². The first-order valence-corrected chi connectivity index (χ1v) is 11.0. The minimum atomic E-state index is -0.683. The van der Waals surface area contributed by atoms with Crippen LogP contribution in [0.1, 0.15) is 56.9 Å². The third-order valence-electron chi connectivity index (χ3n) is 6.90. The number of likely N-dealkylation sites (tertiary alicyclic amines) is 1. The molecule has 1 N–H and O–H groups in total. The minimum absolute atomic E-state index is 0.0551. The van der Waals surface area contributed by atoms with E-state index in [2.05, 4.69) is 29.6 Å². The molecule has 6 nitrogen and oxygen atoms in total. The number of nitrogens with zero attached hydrogens (tertiary/aromatic N) is 2. The lowest BCUT2D eigenvalue weighted by Gasteiger charge is -2.32. The van der Waals surface area contributed by atoms with E-state index in [1.165, 1.54) is 10.5 Å². The molecule has 0 radical (unpaired) electrons. The van der Waals surface area contributed by atoms with Crippen molar-refractivity contribution < 1.29 is 14.4 Å². The van der Waals surface area contributed by atoms with Gasteiger partial charge in [-0.05, 0) is 50.0 Å². The van der Waals surface area contributed by atoms with Gasteiger partial charge in [0.25, 0.3) is 5.91 Å². The quantitative estimate of drug-likeness (QED) is 0.750. The minimum Gasteiger partial charge on any atom is -0.343 e. The zero-order chi connectivity index (χ0) is 20.3. The molecular formula is C23H31N3O3. The molecule has 156 valence electrons. The van der Waals surface area contributed by atoms with Crippen LogP contribution in [-0.4, -0.2) is 52.8 Å². The molecule has 6 heteroatoms. The van der Waals surface area contributed by atoms with Gasteiger partial charge in [0.1, 0.15) is 5.54 Å². The van der Waals surface area contributed by atoms with E-state index in [0.29, 0.717) is 5.92 Å². The van der Waals surface area contributed by atoms with Crippen LogP contribution in [0.5, 0.6) is 0 Å². The first kappa shape index (κ1) is 19.9. The summed E-state index contributed by atoms with van der Waals surface area (Å²) >= 11 is 0. The molecule has 2 saturated heterocycles.